The Morgan fingerprint density at radius 3 is 1.40 bits per heavy atom. The summed E-state index contributed by atoms with van der Waals surface area (Å²) >= 11 is 10.7. The van der Waals surface area contributed by atoms with Gasteiger partial charge in [0, 0.05) is 0 Å². The second kappa shape index (κ2) is 8.47. The van der Waals surface area contributed by atoms with Gasteiger partial charge in [-0.05, 0) is 0 Å². The zero-order valence-corrected chi connectivity index (χ0v) is 19.5. The van der Waals surface area contributed by atoms with E-state index < -0.39 is 5.31 Å². The molecular formula is C26H21BrClOP. The molecule has 30 heavy (non-hydrogen) atoms. The number of hydrogen-bond acceptors (Lipinski definition) is 1. The first-order chi connectivity index (χ1) is 14.5. The Morgan fingerprint density at radius 1 is 0.633 bits per heavy atom. The number of carbonyl (C=O) groups is 1. The first kappa shape index (κ1) is 21.0. The molecule has 0 N–H and O–H groups in total. The predicted molar refractivity (Wildman–Crippen MR) is 135 cm³/mol. The van der Waals surface area contributed by atoms with Gasteiger partial charge in [0.15, 0.2) is 0 Å². The van der Waals surface area contributed by atoms with Crippen molar-refractivity contribution in [3.05, 3.63) is 126 Å². The second-order valence-corrected chi connectivity index (χ2v) is 16.6. The average molecular weight is 496 g/mol. The van der Waals surface area contributed by atoms with Crippen LogP contribution in [0.3, 0.4) is 0 Å². The SMILES string of the molecule is O=C(CP(Br)(c1ccccc1)(c1ccccc1)c1ccccc1)c1ccccc1Cl. The zero-order valence-electron chi connectivity index (χ0n) is 16.3. The van der Waals surface area contributed by atoms with Gasteiger partial charge in [-0.2, -0.15) is 0 Å². The van der Waals surface area contributed by atoms with Crippen LogP contribution < -0.4 is 15.9 Å². The van der Waals surface area contributed by atoms with E-state index in [0.717, 1.165) is 15.9 Å². The number of hydrogen-bond donors (Lipinski definition) is 0. The second-order valence-electron chi connectivity index (χ2n) is 7.25. The van der Waals surface area contributed by atoms with Crippen molar-refractivity contribution in [2.75, 3.05) is 6.16 Å². The Morgan fingerprint density at radius 2 is 1.00 bits per heavy atom. The van der Waals surface area contributed by atoms with Crippen molar-refractivity contribution in [3.8, 4) is 0 Å². The molecule has 4 aromatic rings. The quantitative estimate of drug-likeness (QED) is 0.225. The third kappa shape index (κ3) is 3.54. The fourth-order valence-electron chi connectivity index (χ4n) is 3.98. The summed E-state index contributed by atoms with van der Waals surface area (Å²) in [4.78, 5) is 13.7. The van der Waals surface area contributed by atoms with Crippen molar-refractivity contribution in [1.82, 2.24) is 0 Å². The van der Waals surface area contributed by atoms with Gasteiger partial charge in [0.05, 0.1) is 0 Å². The van der Waals surface area contributed by atoms with E-state index in [9.17, 15) is 4.79 Å². The summed E-state index contributed by atoms with van der Waals surface area (Å²) in [5, 5.41) is 0.511. The Bertz CT molecular complexity index is 1060. The summed E-state index contributed by atoms with van der Waals surface area (Å²) in [5.41, 5.74) is 0.551. The van der Waals surface area contributed by atoms with E-state index >= 15 is 0 Å². The van der Waals surface area contributed by atoms with Crippen molar-refractivity contribution < 1.29 is 4.79 Å². The van der Waals surface area contributed by atoms with Gasteiger partial charge in [0.2, 0.25) is 0 Å². The van der Waals surface area contributed by atoms with Crippen molar-refractivity contribution in [3.63, 3.8) is 0 Å². The van der Waals surface area contributed by atoms with Gasteiger partial charge in [-0.3, -0.25) is 0 Å². The molecule has 0 radical (unpaired) electrons. The molecule has 0 aliphatic heterocycles. The Hall–Kier alpha value is -2.25. The number of Topliss-reactive ketones (excluding diaryl/α,β-unsaturated/α-hetero) is 1. The molecule has 0 saturated carbocycles. The molecule has 0 aromatic heterocycles. The van der Waals surface area contributed by atoms with Gasteiger partial charge >= 0.3 is 191 Å². The number of halogens is 2. The Kier molecular flexibility index (Phi) is 5.93. The summed E-state index contributed by atoms with van der Waals surface area (Å²) in [6.45, 7) is 0. The molecule has 4 aromatic carbocycles. The van der Waals surface area contributed by atoms with E-state index in [4.69, 9.17) is 11.6 Å². The number of carbonyl (C=O) groups excluding carboxylic acids is 1. The van der Waals surface area contributed by atoms with Crippen LogP contribution in [-0.4, -0.2) is 11.9 Å². The van der Waals surface area contributed by atoms with Crippen molar-refractivity contribution in [2.45, 2.75) is 0 Å². The van der Waals surface area contributed by atoms with Gasteiger partial charge < -0.3 is 0 Å². The average Bonchev–Trinajstić information content (AvgIpc) is 2.81. The van der Waals surface area contributed by atoms with Gasteiger partial charge in [0.25, 0.3) is 0 Å². The van der Waals surface area contributed by atoms with E-state index in [1.165, 1.54) is 0 Å². The maximum atomic E-state index is 13.7. The van der Waals surface area contributed by atoms with Crippen LogP contribution >= 0.6 is 32.4 Å². The Balaban J connectivity index is 2.04. The molecule has 0 atom stereocenters. The molecule has 4 rings (SSSR count). The molecule has 0 saturated heterocycles. The molecule has 0 amide bonds. The van der Waals surface area contributed by atoms with Crippen molar-refractivity contribution in [2.24, 2.45) is 0 Å². The van der Waals surface area contributed by atoms with Crippen LogP contribution in [0.5, 0.6) is 0 Å². The van der Waals surface area contributed by atoms with Crippen LogP contribution in [0.1, 0.15) is 10.4 Å². The van der Waals surface area contributed by atoms with E-state index in [2.05, 4.69) is 51.9 Å². The summed E-state index contributed by atoms with van der Waals surface area (Å²) in [6.07, 6.45) is 0.299. The van der Waals surface area contributed by atoms with Crippen LogP contribution in [0.15, 0.2) is 115 Å². The monoisotopic (exact) mass is 494 g/mol. The Labute approximate surface area is 190 Å². The summed E-state index contributed by atoms with van der Waals surface area (Å²) in [7, 11) is 0. The van der Waals surface area contributed by atoms with Gasteiger partial charge in [-0.15, -0.1) is 0 Å². The molecule has 0 bridgehead atoms. The first-order valence-electron chi connectivity index (χ1n) is 9.71. The molecule has 0 aliphatic carbocycles. The molecule has 0 spiro atoms. The van der Waals surface area contributed by atoms with E-state index in [0.29, 0.717) is 16.7 Å². The molecule has 0 unspecified atom stereocenters. The molecule has 0 heterocycles. The van der Waals surface area contributed by atoms with E-state index in [1.54, 1.807) is 12.1 Å². The normalized spacial score (nSPS) is 12.7. The van der Waals surface area contributed by atoms with Crippen LogP contribution in [0.4, 0.5) is 0 Å². The minimum atomic E-state index is -3.31. The van der Waals surface area contributed by atoms with E-state index in [1.807, 2.05) is 66.7 Å². The maximum absolute atomic E-state index is 13.7. The van der Waals surface area contributed by atoms with Crippen molar-refractivity contribution in [1.29, 1.82) is 0 Å². The van der Waals surface area contributed by atoms with E-state index in [-0.39, 0.29) is 5.78 Å². The topological polar surface area (TPSA) is 17.1 Å². The van der Waals surface area contributed by atoms with Gasteiger partial charge in [-0.25, -0.2) is 0 Å². The molecule has 4 heteroatoms. The van der Waals surface area contributed by atoms with Crippen molar-refractivity contribution >= 4 is 54.1 Å². The van der Waals surface area contributed by atoms with Crippen LogP contribution in [0.25, 0.3) is 0 Å². The number of benzene rings is 4. The molecule has 150 valence electrons. The standard InChI is InChI=1S/C26H21BrClOP/c27-30(21-12-4-1-5-13-21,22-14-6-2-7-15-22,23-16-8-3-9-17-23)20-26(29)24-18-10-11-19-25(24)28/h1-19H,20H2. The summed E-state index contributed by atoms with van der Waals surface area (Å²) in [5.74, 6) is 0.0201. The molecular weight excluding hydrogens is 475 g/mol. The number of rotatable bonds is 6. The predicted octanol–water partition coefficient (Wildman–Crippen LogP) is 6.36. The fraction of sp³-hybridized carbons (Fsp3) is 0.0385. The molecule has 0 aliphatic rings. The van der Waals surface area contributed by atoms with Crippen LogP contribution in [0.2, 0.25) is 5.02 Å². The third-order valence-corrected chi connectivity index (χ3v) is 15.3. The molecule has 0 fully saturated rings. The number of ketones is 1. The van der Waals surface area contributed by atoms with Gasteiger partial charge in [0.1, 0.15) is 0 Å². The minimum absolute atomic E-state index is 0.0201. The fourth-order valence-corrected chi connectivity index (χ4v) is 11.6. The first-order valence-corrected chi connectivity index (χ1v) is 14.5. The summed E-state index contributed by atoms with van der Waals surface area (Å²) in [6, 6.07) is 38.2. The summed E-state index contributed by atoms with van der Waals surface area (Å²) < 4.78 is 0. The van der Waals surface area contributed by atoms with Crippen LogP contribution in [-0.2, 0) is 0 Å². The van der Waals surface area contributed by atoms with Gasteiger partial charge in [-0.1, -0.05) is 0 Å². The van der Waals surface area contributed by atoms with Crippen LogP contribution in [0, 0.1) is 0 Å². The molecule has 1 nitrogen and oxygen atoms in total. The zero-order chi connectivity index (χ0) is 21.1. The third-order valence-electron chi connectivity index (χ3n) is 5.50.